The molecule has 1 aliphatic rings. The molecular weight excluding hydrogens is 214 g/mol. The van der Waals surface area contributed by atoms with Gasteiger partial charge in [0, 0.05) is 6.54 Å². The number of aromatic nitrogens is 2. The van der Waals surface area contributed by atoms with Gasteiger partial charge >= 0.3 is 0 Å². The predicted molar refractivity (Wildman–Crippen MR) is 64.8 cm³/mol. The summed E-state index contributed by atoms with van der Waals surface area (Å²) in [6.07, 6.45) is 0.434. The van der Waals surface area contributed by atoms with Crippen molar-refractivity contribution >= 4 is 11.7 Å². The zero-order valence-electron chi connectivity index (χ0n) is 9.60. The van der Waals surface area contributed by atoms with Crippen LogP contribution in [0.25, 0.3) is 0 Å². The molecule has 0 atom stereocenters. The van der Waals surface area contributed by atoms with Crippen LogP contribution in [0.3, 0.4) is 0 Å². The van der Waals surface area contributed by atoms with Crippen LogP contribution in [-0.4, -0.2) is 15.5 Å². The number of rotatable bonds is 2. The van der Waals surface area contributed by atoms with E-state index in [-0.39, 0.29) is 5.91 Å². The van der Waals surface area contributed by atoms with Crippen molar-refractivity contribution in [3.05, 3.63) is 47.4 Å². The van der Waals surface area contributed by atoms with Gasteiger partial charge in [-0.05, 0) is 12.5 Å². The van der Waals surface area contributed by atoms with Gasteiger partial charge in [-0.25, -0.2) is 4.98 Å². The molecule has 4 heteroatoms. The summed E-state index contributed by atoms with van der Waals surface area (Å²) in [6, 6.07) is 10.2. The number of carbonyl (C=O) groups excluding carboxylic acids is 1. The zero-order valence-corrected chi connectivity index (χ0v) is 9.60. The number of fused-ring (bicyclic) bond motifs is 1. The summed E-state index contributed by atoms with van der Waals surface area (Å²) in [6.45, 7) is 2.73. The number of imidazole rings is 1. The molecule has 0 spiro atoms. The molecule has 1 aliphatic heterocycles. The van der Waals surface area contributed by atoms with Crippen molar-refractivity contribution in [2.24, 2.45) is 0 Å². The van der Waals surface area contributed by atoms with Crippen LogP contribution < -0.4 is 5.32 Å². The van der Waals surface area contributed by atoms with Gasteiger partial charge in [0.1, 0.15) is 5.82 Å². The number of hydrogen-bond donors (Lipinski definition) is 1. The quantitative estimate of drug-likeness (QED) is 0.849. The van der Waals surface area contributed by atoms with Crippen molar-refractivity contribution in [1.82, 2.24) is 9.55 Å². The highest BCUT2D eigenvalue weighted by molar-refractivity contribution is 5.97. The molecular formula is C13H13N3O. The number of hydrogen-bond acceptors (Lipinski definition) is 2. The minimum Gasteiger partial charge on any atom is -0.325 e. The normalized spacial score (nSPS) is 13.6. The molecule has 1 amide bonds. The van der Waals surface area contributed by atoms with Crippen molar-refractivity contribution in [1.29, 1.82) is 0 Å². The van der Waals surface area contributed by atoms with Gasteiger partial charge in [-0.2, -0.15) is 0 Å². The third-order valence-electron chi connectivity index (χ3n) is 3.03. The molecule has 0 bridgehead atoms. The van der Waals surface area contributed by atoms with E-state index in [9.17, 15) is 4.79 Å². The number of aryl methyl sites for hydroxylation is 1. The summed E-state index contributed by atoms with van der Waals surface area (Å²) in [5, 5.41) is 2.77. The fraction of sp³-hybridized carbons (Fsp3) is 0.231. The van der Waals surface area contributed by atoms with Crippen LogP contribution in [0, 0.1) is 6.92 Å². The molecule has 0 fully saturated rings. The Labute approximate surface area is 99.3 Å². The summed E-state index contributed by atoms with van der Waals surface area (Å²) >= 11 is 0. The Morgan fingerprint density at radius 2 is 2.12 bits per heavy atom. The highest BCUT2D eigenvalue weighted by Crippen LogP contribution is 2.24. The molecule has 4 nitrogen and oxygen atoms in total. The predicted octanol–water partition coefficient (Wildman–Crippen LogP) is 1.73. The molecule has 0 aliphatic carbocycles. The topological polar surface area (TPSA) is 46.9 Å². The van der Waals surface area contributed by atoms with Gasteiger partial charge < -0.3 is 9.88 Å². The van der Waals surface area contributed by atoms with Crippen molar-refractivity contribution < 1.29 is 4.79 Å². The first-order valence-corrected chi connectivity index (χ1v) is 5.64. The molecule has 1 aromatic carbocycles. The van der Waals surface area contributed by atoms with E-state index in [0.29, 0.717) is 6.42 Å². The Morgan fingerprint density at radius 3 is 2.88 bits per heavy atom. The highest BCUT2D eigenvalue weighted by Gasteiger charge is 2.24. The minimum atomic E-state index is 0.0318. The van der Waals surface area contributed by atoms with Crippen molar-refractivity contribution in [2.75, 3.05) is 5.32 Å². The fourth-order valence-electron chi connectivity index (χ4n) is 2.19. The molecule has 86 valence electrons. The first kappa shape index (κ1) is 10.1. The first-order chi connectivity index (χ1) is 8.24. The summed E-state index contributed by atoms with van der Waals surface area (Å²) < 4.78 is 2.10. The average molecular weight is 227 g/mol. The number of carbonyl (C=O) groups is 1. The second-order valence-electron chi connectivity index (χ2n) is 4.25. The van der Waals surface area contributed by atoms with Gasteiger partial charge in [0.2, 0.25) is 5.91 Å². The summed E-state index contributed by atoms with van der Waals surface area (Å²) in [4.78, 5) is 15.7. The number of benzene rings is 1. The lowest BCUT2D eigenvalue weighted by Crippen LogP contribution is -2.10. The van der Waals surface area contributed by atoms with Crippen LogP contribution in [0.2, 0.25) is 0 Å². The largest absolute Gasteiger partial charge is 0.325 e. The summed E-state index contributed by atoms with van der Waals surface area (Å²) in [5.41, 5.74) is 2.21. The van der Waals surface area contributed by atoms with E-state index < -0.39 is 0 Å². The molecule has 17 heavy (non-hydrogen) atoms. The maximum Gasteiger partial charge on any atom is 0.231 e. The van der Waals surface area contributed by atoms with E-state index in [0.717, 1.165) is 23.9 Å². The van der Waals surface area contributed by atoms with Crippen LogP contribution in [-0.2, 0) is 17.8 Å². The first-order valence-electron chi connectivity index (χ1n) is 5.64. The SMILES string of the molecule is Cc1nc2c(n1Cc1ccccc1)CC(=O)N2. The Balaban J connectivity index is 1.97. The van der Waals surface area contributed by atoms with E-state index >= 15 is 0 Å². The van der Waals surface area contributed by atoms with Crippen LogP contribution in [0.4, 0.5) is 5.82 Å². The molecule has 0 unspecified atom stereocenters. The Bertz CT molecular complexity index is 572. The Hall–Kier alpha value is -2.10. The van der Waals surface area contributed by atoms with Crippen LogP contribution >= 0.6 is 0 Å². The molecule has 0 saturated heterocycles. The Morgan fingerprint density at radius 1 is 1.35 bits per heavy atom. The molecule has 2 heterocycles. The lowest BCUT2D eigenvalue weighted by Gasteiger charge is -2.07. The van der Waals surface area contributed by atoms with Crippen molar-refractivity contribution in [3.8, 4) is 0 Å². The maximum absolute atomic E-state index is 11.3. The minimum absolute atomic E-state index is 0.0318. The van der Waals surface area contributed by atoms with Crippen LogP contribution in [0.5, 0.6) is 0 Å². The van der Waals surface area contributed by atoms with E-state index in [4.69, 9.17) is 0 Å². The van der Waals surface area contributed by atoms with E-state index in [1.54, 1.807) is 0 Å². The van der Waals surface area contributed by atoms with E-state index in [1.807, 2.05) is 25.1 Å². The maximum atomic E-state index is 11.3. The highest BCUT2D eigenvalue weighted by atomic mass is 16.1. The van der Waals surface area contributed by atoms with Crippen LogP contribution in [0.1, 0.15) is 17.1 Å². The number of nitrogens with zero attached hydrogens (tertiary/aromatic N) is 2. The van der Waals surface area contributed by atoms with Gasteiger partial charge in [-0.3, -0.25) is 4.79 Å². The second kappa shape index (κ2) is 3.73. The average Bonchev–Trinajstić information content (AvgIpc) is 2.79. The van der Waals surface area contributed by atoms with Crippen molar-refractivity contribution in [2.45, 2.75) is 19.9 Å². The molecule has 2 aromatic rings. The second-order valence-corrected chi connectivity index (χ2v) is 4.25. The van der Waals surface area contributed by atoms with Crippen LogP contribution in [0.15, 0.2) is 30.3 Å². The molecule has 0 saturated carbocycles. The number of amides is 1. The third kappa shape index (κ3) is 1.71. The fourth-order valence-corrected chi connectivity index (χ4v) is 2.19. The lowest BCUT2D eigenvalue weighted by molar-refractivity contribution is -0.115. The third-order valence-corrected chi connectivity index (χ3v) is 3.03. The number of anilines is 1. The van der Waals surface area contributed by atoms with Gasteiger partial charge in [0.25, 0.3) is 0 Å². The standard InChI is InChI=1S/C13H13N3O/c1-9-14-13-11(7-12(17)15-13)16(9)8-10-5-3-2-4-6-10/h2-6H,7-8H2,1H3,(H,15,17). The van der Waals surface area contributed by atoms with Gasteiger partial charge in [0.05, 0.1) is 12.1 Å². The molecule has 1 N–H and O–H groups in total. The van der Waals surface area contributed by atoms with E-state index in [2.05, 4.69) is 27.0 Å². The van der Waals surface area contributed by atoms with Crippen molar-refractivity contribution in [3.63, 3.8) is 0 Å². The van der Waals surface area contributed by atoms with E-state index in [1.165, 1.54) is 5.56 Å². The lowest BCUT2D eigenvalue weighted by atomic mass is 10.2. The molecule has 3 rings (SSSR count). The molecule has 0 radical (unpaired) electrons. The Kier molecular flexibility index (Phi) is 2.21. The number of nitrogens with one attached hydrogen (secondary N) is 1. The monoisotopic (exact) mass is 227 g/mol. The van der Waals surface area contributed by atoms with Gasteiger partial charge in [0.15, 0.2) is 5.82 Å². The van der Waals surface area contributed by atoms with Gasteiger partial charge in [-0.15, -0.1) is 0 Å². The summed E-state index contributed by atoms with van der Waals surface area (Å²) in [7, 11) is 0. The van der Waals surface area contributed by atoms with Gasteiger partial charge in [-0.1, -0.05) is 30.3 Å². The smallest absolute Gasteiger partial charge is 0.231 e. The zero-order chi connectivity index (χ0) is 11.8. The summed E-state index contributed by atoms with van der Waals surface area (Å²) in [5.74, 6) is 1.70. The molecule has 1 aromatic heterocycles.